The highest BCUT2D eigenvalue weighted by molar-refractivity contribution is 6.08. The number of ether oxygens (including phenoxy) is 1. The predicted octanol–water partition coefficient (Wildman–Crippen LogP) is 3.04. The van der Waals surface area contributed by atoms with Crippen molar-refractivity contribution < 1.29 is 9.53 Å². The van der Waals surface area contributed by atoms with Gasteiger partial charge < -0.3 is 15.8 Å². The Bertz CT molecular complexity index is 1610. The SMILES string of the molecule is COc1ccc(-c2cnc3c(C(=O)Nc4c(C)n(C)n(-c5ccccc5)c4=O)cnn3c2N)cc1. The summed E-state index contributed by atoms with van der Waals surface area (Å²) in [4.78, 5) is 30.8. The lowest BCUT2D eigenvalue weighted by atomic mass is 10.1. The number of rotatable bonds is 5. The zero-order valence-electron chi connectivity index (χ0n) is 19.4. The first-order valence-corrected chi connectivity index (χ1v) is 10.8. The van der Waals surface area contributed by atoms with Gasteiger partial charge in [-0.2, -0.15) is 9.61 Å². The van der Waals surface area contributed by atoms with Crippen molar-refractivity contribution in [1.82, 2.24) is 24.0 Å². The van der Waals surface area contributed by atoms with Gasteiger partial charge in [-0.05, 0) is 36.8 Å². The number of nitrogens with zero attached hydrogens (tertiary/aromatic N) is 5. The van der Waals surface area contributed by atoms with Crippen LogP contribution in [0.2, 0.25) is 0 Å². The van der Waals surface area contributed by atoms with Gasteiger partial charge in [-0.25, -0.2) is 9.67 Å². The number of carbonyl (C=O) groups is 1. The lowest BCUT2D eigenvalue weighted by molar-refractivity contribution is 0.102. The molecule has 3 aromatic heterocycles. The van der Waals surface area contributed by atoms with Gasteiger partial charge in [0, 0.05) is 18.8 Å². The molecule has 3 heterocycles. The Kier molecular flexibility index (Phi) is 5.33. The number of methoxy groups -OCH3 is 1. The van der Waals surface area contributed by atoms with Crippen LogP contribution in [0.4, 0.5) is 11.5 Å². The van der Waals surface area contributed by atoms with Gasteiger partial charge in [-0.15, -0.1) is 0 Å². The largest absolute Gasteiger partial charge is 0.497 e. The number of nitrogen functional groups attached to an aromatic ring is 1. The Hall–Kier alpha value is -4.86. The van der Waals surface area contributed by atoms with Crippen molar-refractivity contribution in [1.29, 1.82) is 0 Å². The Morgan fingerprint density at radius 2 is 1.77 bits per heavy atom. The van der Waals surface area contributed by atoms with Gasteiger partial charge in [0.15, 0.2) is 5.65 Å². The molecule has 0 unspecified atom stereocenters. The Balaban J connectivity index is 1.50. The second kappa shape index (κ2) is 8.49. The number of nitrogens with two attached hydrogens (primary N) is 1. The maximum Gasteiger partial charge on any atom is 0.295 e. The van der Waals surface area contributed by atoms with E-state index in [-0.39, 0.29) is 22.5 Å². The van der Waals surface area contributed by atoms with E-state index < -0.39 is 5.91 Å². The van der Waals surface area contributed by atoms with Crippen molar-refractivity contribution in [2.75, 3.05) is 18.2 Å². The molecule has 0 fully saturated rings. The fourth-order valence-electron chi connectivity index (χ4n) is 3.99. The molecule has 0 radical (unpaired) electrons. The lowest BCUT2D eigenvalue weighted by Crippen LogP contribution is -2.23. The van der Waals surface area contributed by atoms with Crippen molar-refractivity contribution in [2.24, 2.45) is 7.05 Å². The highest BCUT2D eigenvalue weighted by atomic mass is 16.5. The normalized spacial score (nSPS) is 11.1. The quantitative estimate of drug-likeness (QED) is 0.408. The minimum absolute atomic E-state index is 0.184. The van der Waals surface area contributed by atoms with Gasteiger partial charge in [-0.1, -0.05) is 30.3 Å². The molecule has 0 saturated carbocycles. The zero-order valence-corrected chi connectivity index (χ0v) is 19.4. The van der Waals surface area contributed by atoms with Crippen molar-refractivity contribution in [2.45, 2.75) is 6.92 Å². The van der Waals surface area contributed by atoms with E-state index >= 15 is 0 Å². The van der Waals surface area contributed by atoms with Crippen molar-refractivity contribution in [3.8, 4) is 22.6 Å². The number of carbonyl (C=O) groups excluding carboxylic acids is 1. The van der Waals surface area contributed by atoms with Gasteiger partial charge in [0.25, 0.3) is 11.5 Å². The van der Waals surface area contributed by atoms with Crippen molar-refractivity contribution >= 4 is 23.1 Å². The minimum atomic E-state index is -0.505. The fraction of sp³-hybridized carbons (Fsp3) is 0.120. The number of nitrogens with one attached hydrogen (secondary N) is 1. The standard InChI is InChI=1S/C25H23N7O3/c1-15-21(25(34)32(30(15)2)17-7-5-4-6-8-17)29-24(33)20-14-28-31-22(26)19(13-27-23(20)31)16-9-11-18(35-3)12-10-16/h4-14H,26H2,1-3H3,(H,29,33). The van der Waals surface area contributed by atoms with Gasteiger partial charge in [-0.3, -0.25) is 14.3 Å². The summed E-state index contributed by atoms with van der Waals surface area (Å²) >= 11 is 0. The van der Waals surface area contributed by atoms with E-state index in [0.717, 1.165) is 11.3 Å². The topological polar surface area (TPSA) is 121 Å². The van der Waals surface area contributed by atoms with Crippen molar-refractivity contribution in [3.05, 3.63) is 88.6 Å². The number of para-hydroxylation sites is 1. The highest BCUT2D eigenvalue weighted by Gasteiger charge is 2.22. The number of hydrogen-bond acceptors (Lipinski definition) is 6. The molecule has 35 heavy (non-hydrogen) atoms. The molecule has 5 rings (SSSR count). The second-order valence-corrected chi connectivity index (χ2v) is 7.97. The Labute approximate surface area is 200 Å². The average Bonchev–Trinajstić information content (AvgIpc) is 3.40. The molecule has 2 aromatic carbocycles. The molecule has 10 heteroatoms. The summed E-state index contributed by atoms with van der Waals surface area (Å²) < 4.78 is 9.81. The Morgan fingerprint density at radius 1 is 1.06 bits per heavy atom. The van der Waals surface area contributed by atoms with Crippen LogP contribution in [0.3, 0.4) is 0 Å². The van der Waals surface area contributed by atoms with Crippen LogP contribution in [0.1, 0.15) is 16.1 Å². The molecule has 0 aliphatic rings. The summed E-state index contributed by atoms with van der Waals surface area (Å²) in [6.07, 6.45) is 2.99. The first-order chi connectivity index (χ1) is 16.9. The van der Waals surface area contributed by atoms with E-state index in [1.807, 2.05) is 54.6 Å². The molecular weight excluding hydrogens is 446 g/mol. The van der Waals surface area contributed by atoms with Gasteiger partial charge in [0.2, 0.25) is 0 Å². The maximum atomic E-state index is 13.2. The van der Waals surface area contributed by atoms with E-state index in [2.05, 4.69) is 15.4 Å². The van der Waals surface area contributed by atoms with E-state index in [0.29, 0.717) is 22.8 Å². The summed E-state index contributed by atoms with van der Waals surface area (Å²) in [5.41, 5.74) is 9.50. The third kappa shape index (κ3) is 3.61. The van der Waals surface area contributed by atoms with E-state index in [9.17, 15) is 9.59 Å². The second-order valence-electron chi connectivity index (χ2n) is 7.97. The minimum Gasteiger partial charge on any atom is -0.497 e. The molecule has 0 aliphatic heterocycles. The summed E-state index contributed by atoms with van der Waals surface area (Å²) in [5, 5.41) is 7.01. The number of fused-ring (bicyclic) bond motifs is 1. The zero-order chi connectivity index (χ0) is 24.7. The highest BCUT2D eigenvalue weighted by Crippen LogP contribution is 2.28. The first-order valence-electron chi connectivity index (χ1n) is 10.8. The Morgan fingerprint density at radius 3 is 2.46 bits per heavy atom. The van der Waals surface area contributed by atoms with Crippen LogP contribution in [0.15, 0.2) is 71.8 Å². The first kappa shape index (κ1) is 22.0. The number of aromatic nitrogens is 5. The van der Waals surface area contributed by atoms with E-state index in [4.69, 9.17) is 10.5 Å². The van der Waals surface area contributed by atoms with Crippen LogP contribution in [0.25, 0.3) is 22.5 Å². The van der Waals surface area contributed by atoms with Crippen molar-refractivity contribution in [3.63, 3.8) is 0 Å². The molecular formula is C25H23N7O3. The molecule has 0 bridgehead atoms. The summed E-state index contributed by atoms with van der Waals surface area (Å²) in [6, 6.07) is 16.6. The molecule has 3 N–H and O–H groups in total. The molecule has 10 nitrogen and oxygen atoms in total. The summed E-state index contributed by atoms with van der Waals surface area (Å²) in [5.74, 6) is 0.554. The third-order valence-electron chi connectivity index (χ3n) is 6.00. The van der Waals surface area contributed by atoms with Crippen LogP contribution in [0, 0.1) is 6.92 Å². The number of benzene rings is 2. The lowest BCUT2D eigenvalue weighted by Gasteiger charge is -2.08. The smallest absolute Gasteiger partial charge is 0.295 e. The van der Waals surface area contributed by atoms with Crippen LogP contribution in [0.5, 0.6) is 5.75 Å². The monoisotopic (exact) mass is 469 g/mol. The number of hydrogen-bond donors (Lipinski definition) is 2. The van der Waals surface area contributed by atoms with Gasteiger partial charge in [0.1, 0.15) is 22.8 Å². The maximum absolute atomic E-state index is 13.2. The molecule has 1 amide bonds. The fourth-order valence-corrected chi connectivity index (χ4v) is 3.99. The van der Waals surface area contributed by atoms with Crippen LogP contribution >= 0.6 is 0 Å². The summed E-state index contributed by atoms with van der Waals surface area (Å²) in [6.45, 7) is 1.77. The molecule has 0 aliphatic carbocycles. The predicted molar refractivity (Wildman–Crippen MR) is 133 cm³/mol. The van der Waals surface area contributed by atoms with E-state index in [1.165, 1.54) is 15.4 Å². The number of amides is 1. The van der Waals surface area contributed by atoms with Gasteiger partial charge >= 0.3 is 0 Å². The van der Waals surface area contributed by atoms with Crippen LogP contribution < -0.4 is 21.3 Å². The molecule has 0 saturated heterocycles. The summed E-state index contributed by atoms with van der Waals surface area (Å²) in [7, 11) is 3.36. The van der Waals surface area contributed by atoms with Gasteiger partial charge in [0.05, 0.1) is 24.7 Å². The third-order valence-corrected chi connectivity index (χ3v) is 6.00. The average molecular weight is 470 g/mol. The van der Waals surface area contributed by atoms with Crippen LogP contribution in [-0.4, -0.2) is 37.0 Å². The molecule has 0 spiro atoms. The molecule has 176 valence electrons. The van der Waals surface area contributed by atoms with E-state index in [1.54, 1.807) is 32.0 Å². The molecule has 0 atom stereocenters. The number of anilines is 2. The van der Waals surface area contributed by atoms with Crippen LogP contribution in [-0.2, 0) is 7.05 Å². The molecule has 5 aromatic rings.